The molecule has 1 amide bonds. The third-order valence-corrected chi connectivity index (χ3v) is 2.95. The SMILES string of the molecule is CC1CCCN1C(=O)c1cccc(N)c1.Cl. The predicted octanol–water partition coefficient (Wildman–Crippen LogP) is 2.32. The van der Waals surface area contributed by atoms with Gasteiger partial charge in [-0.3, -0.25) is 4.79 Å². The van der Waals surface area contributed by atoms with Crippen LogP contribution in [-0.2, 0) is 0 Å². The fourth-order valence-corrected chi connectivity index (χ4v) is 2.07. The lowest BCUT2D eigenvalue weighted by atomic mass is 10.1. The number of likely N-dealkylation sites (tertiary alicyclic amines) is 1. The number of amides is 1. The predicted molar refractivity (Wildman–Crippen MR) is 67.8 cm³/mol. The third kappa shape index (κ3) is 2.47. The molecule has 1 aliphatic rings. The molecule has 1 aromatic carbocycles. The Bertz CT molecular complexity index is 381. The fraction of sp³-hybridized carbons (Fsp3) is 0.417. The van der Waals surface area contributed by atoms with Gasteiger partial charge in [-0.1, -0.05) is 6.07 Å². The highest BCUT2D eigenvalue weighted by Crippen LogP contribution is 2.20. The smallest absolute Gasteiger partial charge is 0.254 e. The number of anilines is 1. The van der Waals surface area contributed by atoms with E-state index in [-0.39, 0.29) is 18.3 Å². The lowest BCUT2D eigenvalue weighted by Crippen LogP contribution is -2.33. The van der Waals surface area contributed by atoms with Crippen LogP contribution in [0.5, 0.6) is 0 Å². The number of halogens is 1. The van der Waals surface area contributed by atoms with Crippen LogP contribution in [0.15, 0.2) is 24.3 Å². The molecule has 0 aliphatic carbocycles. The second kappa shape index (κ2) is 5.21. The molecule has 1 heterocycles. The van der Waals surface area contributed by atoms with E-state index >= 15 is 0 Å². The van der Waals surface area contributed by atoms with Crippen LogP contribution in [0.2, 0.25) is 0 Å². The van der Waals surface area contributed by atoms with Crippen molar-refractivity contribution in [1.29, 1.82) is 0 Å². The minimum absolute atomic E-state index is 0. The second-order valence-electron chi connectivity index (χ2n) is 4.12. The van der Waals surface area contributed by atoms with Crippen LogP contribution in [0.4, 0.5) is 5.69 Å². The number of carbonyl (C=O) groups is 1. The summed E-state index contributed by atoms with van der Waals surface area (Å²) in [4.78, 5) is 14.0. The average Bonchev–Trinajstić information content (AvgIpc) is 2.63. The van der Waals surface area contributed by atoms with Gasteiger partial charge >= 0.3 is 0 Å². The number of nitrogens with two attached hydrogens (primary N) is 1. The molecule has 1 aliphatic heterocycles. The van der Waals surface area contributed by atoms with Crippen molar-refractivity contribution in [2.75, 3.05) is 12.3 Å². The topological polar surface area (TPSA) is 46.3 Å². The number of carbonyl (C=O) groups excluding carboxylic acids is 1. The van der Waals surface area contributed by atoms with E-state index in [9.17, 15) is 4.79 Å². The van der Waals surface area contributed by atoms with Gasteiger partial charge in [-0.2, -0.15) is 0 Å². The van der Waals surface area contributed by atoms with Crippen molar-refractivity contribution in [1.82, 2.24) is 4.90 Å². The number of nitrogen functional groups attached to an aromatic ring is 1. The first-order valence-corrected chi connectivity index (χ1v) is 5.35. The van der Waals surface area contributed by atoms with Gasteiger partial charge in [0.1, 0.15) is 0 Å². The van der Waals surface area contributed by atoms with E-state index in [1.54, 1.807) is 12.1 Å². The summed E-state index contributed by atoms with van der Waals surface area (Å²) in [5.74, 6) is 0.104. The van der Waals surface area contributed by atoms with E-state index < -0.39 is 0 Å². The summed E-state index contributed by atoms with van der Waals surface area (Å²) < 4.78 is 0. The standard InChI is InChI=1S/C12H16N2O.ClH/c1-9-4-3-7-14(9)12(15)10-5-2-6-11(13)8-10;/h2,5-6,8-9H,3-4,7,13H2,1H3;1H. The highest BCUT2D eigenvalue weighted by Gasteiger charge is 2.25. The van der Waals surface area contributed by atoms with Gasteiger partial charge in [0.2, 0.25) is 0 Å². The molecule has 2 rings (SSSR count). The van der Waals surface area contributed by atoms with Gasteiger partial charge in [-0.15, -0.1) is 12.4 Å². The Hall–Kier alpha value is -1.22. The quantitative estimate of drug-likeness (QED) is 0.766. The van der Waals surface area contributed by atoms with Crippen LogP contribution >= 0.6 is 12.4 Å². The zero-order chi connectivity index (χ0) is 10.8. The first-order valence-electron chi connectivity index (χ1n) is 5.35. The lowest BCUT2D eigenvalue weighted by Gasteiger charge is -2.21. The molecule has 1 aromatic rings. The Kier molecular flexibility index (Phi) is 4.19. The Morgan fingerprint density at radius 3 is 2.81 bits per heavy atom. The molecule has 0 radical (unpaired) electrons. The van der Waals surface area contributed by atoms with Crippen molar-refractivity contribution < 1.29 is 4.79 Å². The van der Waals surface area contributed by atoms with Gasteiger partial charge in [-0.05, 0) is 38.0 Å². The molecule has 16 heavy (non-hydrogen) atoms. The van der Waals surface area contributed by atoms with E-state index in [1.807, 2.05) is 17.0 Å². The van der Waals surface area contributed by atoms with Crippen LogP contribution in [-0.4, -0.2) is 23.4 Å². The molecule has 1 unspecified atom stereocenters. The third-order valence-electron chi connectivity index (χ3n) is 2.95. The largest absolute Gasteiger partial charge is 0.399 e. The summed E-state index contributed by atoms with van der Waals surface area (Å²) in [6.07, 6.45) is 2.21. The van der Waals surface area contributed by atoms with Gasteiger partial charge in [0, 0.05) is 23.8 Å². The molecule has 1 atom stereocenters. The normalized spacial score (nSPS) is 19.3. The number of benzene rings is 1. The van der Waals surface area contributed by atoms with Crippen LogP contribution in [0.1, 0.15) is 30.1 Å². The van der Waals surface area contributed by atoms with Crippen molar-refractivity contribution in [3.63, 3.8) is 0 Å². The molecule has 4 heteroatoms. The van der Waals surface area contributed by atoms with E-state index in [1.165, 1.54) is 0 Å². The fourth-order valence-electron chi connectivity index (χ4n) is 2.07. The first kappa shape index (κ1) is 12.8. The van der Waals surface area contributed by atoms with Crippen molar-refractivity contribution in [3.05, 3.63) is 29.8 Å². The van der Waals surface area contributed by atoms with Crippen molar-refractivity contribution in [2.24, 2.45) is 0 Å². The molecular weight excluding hydrogens is 224 g/mol. The molecule has 0 spiro atoms. The molecule has 0 saturated carbocycles. The van der Waals surface area contributed by atoms with Crippen molar-refractivity contribution in [3.8, 4) is 0 Å². The minimum atomic E-state index is 0. The first-order chi connectivity index (χ1) is 7.18. The molecule has 0 aromatic heterocycles. The summed E-state index contributed by atoms with van der Waals surface area (Å²) >= 11 is 0. The highest BCUT2D eigenvalue weighted by molar-refractivity contribution is 5.95. The van der Waals surface area contributed by atoms with Gasteiger partial charge in [0.05, 0.1) is 0 Å². The van der Waals surface area contributed by atoms with Crippen molar-refractivity contribution >= 4 is 24.0 Å². The van der Waals surface area contributed by atoms with Crippen LogP contribution < -0.4 is 5.73 Å². The van der Waals surface area contributed by atoms with Crippen LogP contribution in [0, 0.1) is 0 Å². The number of hydrogen-bond donors (Lipinski definition) is 1. The average molecular weight is 241 g/mol. The van der Waals surface area contributed by atoms with Crippen molar-refractivity contribution in [2.45, 2.75) is 25.8 Å². The van der Waals surface area contributed by atoms with E-state index in [2.05, 4.69) is 6.92 Å². The number of rotatable bonds is 1. The van der Waals surface area contributed by atoms with E-state index in [0.717, 1.165) is 19.4 Å². The van der Waals surface area contributed by atoms with Crippen LogP contribution in [0.3, 0.4) is 0 Å². The molecule has 0 bridgehead atoms. The second-order valence-corrected chi connectivity index (χ2v) is 4.12. The maximum absolute atomic E-state index is 12.1. The number of hydrogen-bond acceptors (Lipinski definition) is 2. The molecule has 3 nitrogen and oxygen atoms in total. The lowest BCUT2D eigenvalue weighted by molar-refractivity contribution is 0.0747. The van der Waals surface area contributed by atoms with E-state index in [4.69, 9.17) is 5.73 Å². The molecular formula is C12H17ClN2O. The van der Waals surface area contributed by atoms with Gasteiger partial charge < -0.3 is 10.6 Å². The Morgan fingerprint density at radius 2 is 2.25 bits per heavy atom. The van der Waals surface area contributed by atoms with Crippen LogP contribution in [0.25, 0.3) is 0 Å². The Balaban J connectivity index is 0.00000128. The molecule has 1 fully saturated rings. The summed E-state index contributed by atoms with van der Waals surface area (Å²) in [6, 6.07) is 7.55. The van der Waals surface area contributed by atoms with Gasteiger partial charge in [0.25, 0.3) is 5.91 Å². The number of nitrogens with zero attached hydrogens (tertiary/aromatic N) is 1. The zero-order valence-electron chi connectivity index (χ0n) is 9.35. The minimum Gasteiger partial charge on any atom is -0.399 e. The highest BCUT2D eigenvalue weighted by atomic mass is 35.5. The Labute approximate surface area is 102 Å². The Morgan fingerprint density at radius 1 is 1.50 bits per heavy atom. The molecule has 2 N–H and O–H groups in total. The van der Waals surface area contributed by atoms with Gasteiger partial charge in [0.15, 0.2) is 0 Å². The zero-order valence-corrected chi connectivity index (χ0v) is 10.2. The monoisotopic (exact) mass is 240 g/mol. The summed E-state index contributed by atoms with van der Waals surface area (Å²) in [5, 5.41) is 0. The maximum atomic E-state index is 12.1. The summed E-state index contributed by atoms with van der Waals surface area (Å²) in [6.45, 7) is 2.96. The van der Waals surface area contributed by atoms with E-state index in [0.29, 0.717) is 17.3 Å². The summed E-state index contributed by atoms with van der Waals surface area (Å²) in [7, 11) is 0. The summed E-state index contributed by atoms with van der Waals surface area (Å²) in [5.41, 5.74) is 7.00. The maximum Gasteiger partial charge on any atom is 0.254 e. The van der Waals surface area contributed by atoms with Gasteiger partial charge in [-0.25, -0.2) is 0 Å². The molecule has 1 saturated heterocycles. The molecule has 88 valence electrons.